The molecular weight excluding hydrogens is 588 g/mol. The van der Waals surface area contributed by atoms with E-state index < -0.39 is 25.7 Å². The summed E-state index contributed by atoms with van der Waals surface area (Å²) in [5.41, 5.74) is 9.35. The molecule has 0 amide bonds. The lowest BCUT2D eigenvalue weighted by atomic mass is 9.82. The van der Waals surface area contributed by atoms with Gasteiger partial charge in [0.25, 0.3) is 0 Å². The minimum absolute atomic E-state index is 0.0833. The number of rotatable bonds is 8. The number of benzene rings is 4. The van der Waals surface area contributed by atoms with Crippen LogP contribution in [0.5, 0.6) is 0 Å². The predicted octanol–water partition coefficient (Wildman–Crippen LogP) is 5.53. The van der Waals surface area contributed by atoms with E-state index in [4.69, 9.17) is 18.4 Å². The number of ketones is 2. The van der Waals surface area contributed by atoms with E-state index in [1.54, 1.807) is 60.7 Å². The predicted molar refractivity (Wildman–Crippen MR) is 164 cm³/mol. The minimum atomic E-state index is -3.63. The zero-order valence-corrected chi connectivity index (χ0v) is 25.1. The Balaban J connectivity index is 0.000000996. The largest absolute Gasteiger partial charge is 0.425 e. The second kappa shape index (κ2) is 13.1. The van der Waals surface area contributed by atoms with Crippen LogP contribution in [0.4, 0.5) is 17.1 Å². The van der Waals surface area contributed by atoms with Crippen molar-refractivity contribution in [3.63, 3.8) is 0 Å². The third-order valence-corrected chi connectivity index (χ3v) is 9.74. The van der Waals surface area contributed by atoms with E-state index in [2.05, 4.69) is 5.32 Å². The summed E-state index contributed by atoms with van der Waals surface area (Å²) in [6, 6.07) is 26.4. The van der Waals surface area contributed by atoms with Crippen molar-refractivity contribution < 1.29 is 30.6 Å². The molecule has 43 heavy (non-hydrogen) atoms. The number of hydrogen-bond donors (Lipinski definition) is 2. The fourth-order valence-electron chi connectivity index (χ4n) is 5.28. The van der Waals surface area contributed by atoms with Crippen LogP contribution < -0.4 is 11.1 Å². The van der Waals surface area contributed by atoms with Crippen molar-refractivity contribution in [1.29, 1.82) is 0 Å². The van der Waals surface area contributed by atoms with Crippen LogP contribution in [-0.4, -0.2) is 37.9 Å². The van der Waals surface area contributed by atoms with Gasteiger partial charge in [-0.25, -0.2) is 8.42 Å². The molecule has 0 fully saturated rings. The van der Waals surface area contributed by atoms with Crippen LogP contribution >= 0.6 is 0 Å². The molecule has 4 aromatic rings. The summed E-state index contributed by atoms with van der Waals surface area (Å²) >= 11 is 0. The number of nitrogen functional groups attached to an aromatic ring is 1. The number of nitrogens with two attached hydrogens (primary N) is 1. The third-order valence-electron chi connectivity index (χ3n) is 7.43. The lowest BCUT2D eigenvalue weighted by Crippen LogP contribution is -2.24. The van der Waals surface area contributed by atoms with Gasteiger partial charge in [-0.15, -0.1) is 12.6 Å². The molecule has 11 heteroatoms. The Labute approximate surface area is 251 Å². The van der Waals surface area contributed by atoms with Crippen molar-refractivity contribution in [2.45, 2.75) is 42.8 Å². The first-order valence-corrected chi connectivity index (χ1v) is 16.0. The van der Waals surface area contributed by atoms with E-state index in [1.807, 2.05) is 44.2 Å². The number of nitrogens with one attached hydrogen (secondary N) is 1. The van der Waals surface area contributed by atoms with Crippen molar-refractivity contribution in [2.24, 2.45) is 0 Å². The van der Waals surface area contributed by atoms with Crippen LogP contribution in [0.1, 0.15) is 70.0 Å². The van der Waals surface area contributed by atoms with Crippen LogP contribution in [-0.2, 0) is 20.4 Å². The highest BCUT2D eigenvalue weighted by Gasteiger charge is 2.33. The van der Waals surface area contributed by atoms with Gasteiger partial charge in [0.05, 0.1) is 27.0 Å². The van der Waals surface area contributed by atoms with E-state index >= 15 is 0 Å². The molecule has 5 rings (SSSR count). The zero-order valence-electron chi connectivity index (χ0n) is 23.5. The number of fused-ring (bicyclic) bond motifs is 2. The van der Waals surface area contributed by atoms with Crippen LogP contribution in [0.3, 0.4) is 0 Å². The zero-order chi connectivity index (χ0) is 31.3. The van der Waals surface area contributed by atoms with E-state index in [0.29, 0.717) is 35.3 Å². The fourth-order valence-corrected chi connectivity index (χ4v) is 7.20. The first-order valence-electron chi connectivity index (χ1n) is 13.5. The highest BCUT2D eigenvalue weighted by Crippen LogP contribution is 2.37. The minimum Gasteiger partial charge on any atom is -0.398 e. The molecule has 0 aliphatic heterocycles. The monoisotopic (exact) mass is 618 g/mol. The summed E-state index contributed by atoms with van der Waals surface area (Å²) in [5, 5.41) is 2.63. The second-order valence-electron chi connectivity index (χ2n) is 10.1. The maximum Gasteiger partial charge on any atom is 0.425 e. The van der Waals surface area contributed by atoms with E-state index in [0.717, 1.165) is 5.56 Å². The van der Waals surface area contributed by atoms with Crippen LogP contribution in [0.2, 0.25) is 0 Å². The molecule has 0 radical (unpaired) electrons. The molecule has 2 atom stereocenters. The van der Waals surface area contributed by atoms with Gasteiger partial charge in [-0.2, -0.15) is 0 Å². The van der Waals surface area contributed by atoms with E-state index in [-0.39, 0.29) is 39.2 Å². The molecule has 0 aromatic heterocycles. The lowest BCUT2D eigenvalue weighted by Gasteiger charge is -2.23. The SMILES string of the molecule is CCC(CC(C)c1ccccc1)S(=O)(=O)c1cccc(Nc2ccc(N)c3c2C(=O)c2ccccc2C3=O)c1.O=S(=O)=O. The Kier molecular flexibility index (Phi) is 9.57. The Morgan fingerprint density at radius 1 is 0.791 bits per heavy atom. The van der Waals surface area contributed by atoms with Gasteiger partial charge in [0.1, 0.15) is 0 Å². The molecule has 222 valence electrons. The number of sulfone groups is 1. The number of carbonyl (C=O) groups is 2. The number of carbonyl (C=O) groups excluding carboxylic acids is 2. The second-order valence-corrected chi connectivity index (χ2v) is 12.8. The van der Waals surface area contributed by atoms with Gasteiger partial charge >= 0.3 is 10.6 Å². The molecule has 2 unspecified atom stereocenters. The molecule has 1 aliphatic carbocycles. The molecule has 3 N–H and O–H groups in total. The topological polar surface area (TPSA) is 158 Å². The molecule has 0 saturated heterocycles. The summed E-state index contributed by atoms with van der Waals surface area (Å²) < 4.78 is 52.7. The Morgan fingerprint density at radius 3 is 1.98 bits per heavy atom. The summed E-state index contributed by atoms with van der Waals surface area (Å²) in [7, 11) is -6.74. The van der Waals surface area contributed by atoms with Crippen molar-refractivity contribution in [1.82, 2.24) is 0 Å². The summed E-state index contributed by atoms with van der Waals surface area (Å²) in [6.07, 6.45) is 0.987. The van der Waals surface area contributed by atoms with Crippen LogP contribution in [0.25, 0.3) is 0 Å². The van der Waals surface area contributed by atoms with Gasteiger partial charge < -0.3 is 11.1 Å². The first kappa shape index (κ1) is 31.3. The van der Waals surface area contributed by atoms with E-state index in [9.17, 15) is 18.0 Å². The maximum atomic E-state index is 13.7. The molecular formula is C32H30N2O7S2. The highest BCUT2D eigenvalue weighted by atomic mass is 32.2. The molecule has 0 heterocycles. The Bertz CT molecular complexity index is 1900. The van der Waals surface area contributed by atoms with Gasteiger partial charge in [-0.3, -0.25) is 9.59 Å². The average molecular weight is 619 g/mol. The van der Waals surface area contributed by atoms with Gasteiger partial charge in [0, 0.05) is 22.5 Å². The van der Waals surface area contributed by atoms with Crippen LogP contribution in [0.15, 0.2) is 95.9 Å². The molecule has 1 aliphatic rings. The normalized spacial score (nSPS) is 13.5. The van der Waals surface area contributed by atoms with Crippen LogP contribution in [0, 0.1) is 0 Å². The average Bonchev–Trinajstić information content (AvgIpc) is 2.99. The van der Waals surface area contributed by atoms with Gasteiger partial charge in [0.15, 0.2) is 21.4 Å². The smallest absolute Gasteiger partial charge is 0.398 e. The van der Waals surface area contributed by atoms with Gasteiger partial charge in [-0.05, 0) is 54.7 Å². The van der Waals surface area contributed by atoms with Crippen molar-refractivity contribution in [3.05, 3.63) is 119 Å². The van der Waals surface area contributed by atoms with Crippen molar-refractivity contribution >= 4 is 49.1 Å². The fraction of sp³-hybridized carbons (Fsp3) is 0.188. The summed E-state index contributed by atoms with van der Waals surface area (Å²) in [5.74, 6) is -0.532. The first-order chi connectivity index (χ1) is 20.4. The standard InChI is InChI=1S/C32H30N2O4S.O3S/c1-3-23(18-20(2)21-10-5-4-6-11-21)39(37,38)24-13-9-12-22(19-24)34-28-17-16-27(33)29-30(28)32(36)26-15-8-7-14-25(26)31(29)35;1-4(2)3/h4-17,19-20,23,34H,3,18,33H2,1-2H3;. The Hall–Kier alpha value is -4.61. The molecule has 4 aromatic carbocycles. The molecule has 0 saturated carbocycles. The van der Waals surface area contributed by atoms with Gasteiger partial charge in [-0.1, -0.05) is 74.5 Å². The highest BCUT2D eigenvalue weighted by molar-refractivity contribution is 7.92. The quantitative estimate of drug-likeness (QED) is 0.213. The van der Waals surface area contributed by atoms with Crippen molar-refractivity contribution in [3.8, 4) is 0 Å². The maximum absolute atomic E-state index is 13.7. The Morgan fingerprint density at radius 2 is 1.37 bits per heavy atom. The molecule has 0 spiro atoms. The van der Waals surface area contributed by atoms with Crippen molar-refractivity contribution in [2.75, 3.05) is 11.1 Å². The summed E-state index contributed by atoms with van der Waals surface area (Å²) in [4.78, 5) is 26.9. The number of hydrogen-bond acceptors (Lipinski definition) is 9. The van der Waals surface area contributed by atoms with Gasteiger partial charge in [0.2, 0.25) is 0 Å². The third kappa shape index (κ3) is 6.73. The lowest BCUT2D eigenvalue weighted by molar-refractivity contribution is 0.0980. The molecule has 0 bridgehead atoms. The van der Waals surface area contributed by atoms with E-state index in [1.165, 1.54) is 0 Å². The number of anilines is 3. The molecule has 9 nitrogen and oxygen atoms in total. The summed E-state index contributed by atoms with van der Waals surface area (Å²) in [6.45, 7) is 3.94.